The molecule has 2 rings (SSSR count). The Kier molecular flexibility index (Phi) is 6.01. The van der Waals surface area contributed by atoms with Gasteiger partial charge in [-0.2, -0.15) is 0 Å². The van der Waals surface area contributed by atoms with E-state index in [1.54, 1.807) is 6.92 Å². The number of hydrogen-bond donors (Lipinski definition) is 2. The highest BCUT2D eigenvalue weighted by Gasteiger charge is 2.31. The van der Waals surface area contributed by atoms with Crippen molar-refractivity contribution in [1.29, 1.82) is 0 Å². The van der Waals surface area contributed by atoms with Crippen molar-refractivity contribution in [3.05, 3.63) is 40.1 Å². The topological polar surface area (TPSA) is 138 Å². The summed E-state index contributed by atoms with van der Waals surface area (Å²) in [4.78, 5) is 23.6. The molecule has 146 valence electrons. The highest BCUT2D eigenvalue weighted by molar-refractivity contribution is 7.92. The lowest BCUT2D eigenvalue weighted by atomic mass is 10.1. The van der Waals surface area contributed by atoms with Crippen LogP contribution >= 0.6 is 11.6 Å². The Labute approximate surface area is 160 Å². The standard InChI is InChI=1S/C16H17ClN2O7S/c1-4-25-16(21)12-8(2)26-15(13(12)14(18)20)19-27(22,23)11-7-9(17)5-6-10(11)24-3/h5-7,19H,4H2,1-3H3,(H2,18,20). The van der Waals surface area contributed by atoms with Gasteiger partial charge in [0, 0.05) is 5.02 Å². The number of esters is 1. The van der Waals surface area contributed by atoms with E-state index in [0.29, 0.717) is 0 Å². The molecule has 0 aliphatic rings. The highest BCUT2D eigenvalue weighted by Crippen LogP contribution is 2.32. The van der Waals surface area contributed by atoms with Crippen molar-refractivity contribution < 1.29 is 31.9 Å². The average Bonchev–Trinajstić information content (AvgIpc) is 2.90. The van der Waals surface area contributed by atoms with Crippen molar-refractivity contribution in [3.8, 4) is 5.75 Å². The molecule has 1 aromatic heterocycles. The second-order valence-corrected chi connectivity index (χ2v) is 7.31. The van der Waals surface area contributed by atoms with Crippen LogP contribution in [0.3, 0.4) is 0 Å². The van der Waals surface area contributed by atoms with Gasteiger partial charge < -0.3 is 19.6 Å². The Morgan fingerprint density at radius 1 is 1.30 bits per heavy atom. The monoisotopic (exact) mass is 416 g/mol. The second-order valence-electron chi connectivity index (χ2n) is 5.22. The van der Waals surface area contributed by atoms with Gasteiger partial charge in [-0.05, 0) is 32.0 Å². The number of aryl methyl sites for hydroxylation is 1. The molecule has 1 amide bonds. The number of amides is 1. The van der Waals surface area contributed by atoms with Gasteiger partial charge in [0.1, 0.15) is 27.5 Å². The van der Waals surface area contributed by atoms with Crippen molar-refractivity contribution in [3.63, 3.8) is 0 Å². The van der Waals surface area contributed by atoms with Gasteiger partial charge in [-0.15, -0.1) is 0 Å². The lowest BCUT2D eigenvalue weighted by Crippen LogP contribution is -2.20. The first kappa shape index (κ1) is 20.6. The maximum atomic E-state index is 12.7. The SMILES string of the molecule is CCOC(=O)c1c(C)oc(NS(=O)(=O)c2cc(Cl)ccc2OC)c1C(N)=O. The molecule has 0 fully saturated rings. The van der Waals surface area contributed by atoms with E-state index in [2.05, 4.69) is 4.72 Å². The third kappa shape index (κ3) is 4.17. The fourth-order valence-electron chi connectivity index (χ4n) is 2.34. The van der Waals surface area contributed by atoms with Crippen LogP contribution < -0.4 is 15.2 Å². The number of hydrogen-bond acceptors (Lipinski definition) is 7. The van der Waals surface area contributed by atoms with E-state index < -0.39 is 33.3 Å². The molecule has 0 radical (unpaired) electrons. The van der Waals surface area contributed by atoms with Crippen LogP contribution in [-0.4, -0.2) is 34.0 Å². The molecule has 0 aliphatic heterocycles. The summed E-state index contributed by atoms with van der Waals surface area (Å²) < 4.78 is 42.8. The van der Waals surface area contributed by atoms with Crippen LogP contribution in [0.5, 0.6) is 5.75 Å². The molecular weight excluding hydrogens is 400 g/mol. The molecule has 0 atom stereocenters. The second kappa shape index (κ2) is 7.89. The lowest BCUT2D eigenvalue weighted by molar-refractivity contribution is 0.0521. The number of sulfonamides is 1. The van der Waals surface area contributed by atoms with E-state index in [9.17, 15) is 18.0 Å². The molecule has 11 heteroatoms. The van der Waals surface area contributed by atoms with Crippen LogP contribution in [0.4, 0.5) is 5.88 Å². The summed E-state index contributed by atoms with van der Waals surface area (Å²) in [5.74, 6) is -2.45. The maximum Gasteiger partial charge on any atom is 0.342 e. The number of halogens is 1. The molecule has 1 heterocycles. The number of furan rings is 1. The van der Waals surface area contributed by atoms with Gasteiger partial charge in [-0.3, -0.25) is 4.79 Å². The van der Waals surface area contributed by atoms with Crippen LogP contribution in [-0.2, 0) is 14.8 Å². The van der Waals surface area contributed by atoms with E-state index >= 15 is 0 Å². The first-order chi connectivity index (χ1) is 12.6. The summed E-state index contributed by atoms with van der Waals surface area (Å²) in [7, 11) is -3.00. The zero-order valence-electron chi connectivity index (χ0n) is 14.7. The van der Waals surface area contributed by atoms with Crippen molar-refractivity contribution in [1.82, 2.24) is 0 Å². The molecule has 0 saturated heterocycles. The van der Waals surface area contributed by atoms with Crippen LogP contribution in [0, 0.1) is 6.92 Å². The first-order valence-corrected chi connectivity index (χ1v) is 9.45. The molecule has 0 spiro atoms. The Bertz CT molecular complexity index is 998. The minimum absolute atomic E-state index is 0.0152. The number of carbonyl (C=O) groups excluding carboxylic acids is 2. The van der Waals surface area contributed by atoms with Gasteiger partial charge in [0.15, 0.2) is 0 Å². The average molecular weight is 417 g/mol. The summed E-state index contributed by atoms with van der Waals surface area (Å²) in [6.07, 6.45) is 0. The predicted octanol–water partition coefficient (Wildman–Crippen LogP) is 2.33. The maximum absolute atomic E-state index is 12.7. The summed E-state index contributed by atoms with van der Waals surface area (Å²) in [5, 5.41) is 0.147. The predicted molar refractivity (Wildman–Crippen MR) is 96.7 cm³/mol. The van der Waals surface area contributed by atoms with E-state index in [-0.39, 0.29) is 33.6 Å². The number of methoxy groups -OCH3 is 1. The first-order valence-electron chi connectivity index (χ1n) is 7.59. The smallest absolute Gasteiger partial charge is 0.342 e. The summed E-state index contributed by atoms with van der Waals surface area (Å²) >= 11 is 5.86. The molecule has 2 aromatic rings. The van der Waals surface area contributed by atoms with Crippen LogP contribution in [0.25, 0.3) is 0 Å². The largest absolute Gasteiger partial charge is 0.495 e. The number of nitrogens with two attached hydrogens (primary N) is 1. The molecule has 3 N–H and O–H groups in total. The Balaban J connectivity index is 2.57. The van der Waals surface area contributed by atoms with E-state index in [0.717, 1.165) is 6.07 Å². The number of primary amides is 1. The van der Waals surface area contributed by atoms with Gasteiger partial charge in [0.2, 0.25) is 5.88 Å². The van der Waals surface area contributed by atoms with Crippen molar-refractivity contribution in [2.75, 3.05) is 18.4 Å². The molecule has 0 bridgehead atoms. The summed E-state index contributed by atoms with van der Waals surface area (Å²) in [6, 6.07) is 3.97. The lowest BCUT2D eigenvalue weighted by Gasteiger charge is -2.11. The molecule has 9 nitrogen and oxygen atoms in total. The molecule has 27 heavy (non-hydrogen) atoms. The normalized spacial score (nSPS) is 11.1. The molecule has 0 saturated carbocycles. The zero-order chi connectivity index (χ0) is 20.4. The van der Waals surface area contributed by atoms with Crippen molar-refractivity contribution in [2.45, 2.75) is 18.7 Å². The van der Waals surface area contributed by atoms with Gasteiger partial charge in [0.05, 0.1) is 13.7 Å². The molecule has 0 aliphatic carbocycles. The number of nitrogens with one attached hydrogen (secondary N) is 1. The van der Waals surface area contributed by atoms with Crippen LogP contribution in [0.1, 0.15) is 33.4 Å². The van der Waals surface area contributed by atoms with Crippen LogP contribution in [0.15, 0.2) is 27.5 Å². The number of benzene rings is 1. The summed E-state index contributed by atoms with van der Waals surface area (Å²) in [6.45, 7) is 2.99. The highest BCUT2D eigenvalue weighted by atomic mass is 35.5. The van der Waals surface area contributed by atoms with Gasteiger partial charge in [-0.25, -0.2) is 17.9 Å². The van der Waals surface area contributed by atoms with E-state index in [1.165, 1.54) is 26.2 Å². The van der Waals surface area contributed by atoms with Crippen molar-refractivity contribution >= 4 is 39.4 Å². The molecule has 0 unspecified atom stereocenters. The van der Waals surface area contributed by atoms with Gasteiger partial charge in [-0.1, -0.05) is 11.6 Å². The quantitative estimate of drug-likeness (QED) is 0.660. The minimum Gasteiger partial charge on any atom is -0.495 e. The zero-order valence-corrected chi connectivity index (χ0v) is 16.2. The van der Waals surface area contributed by atoms with Gasteiger partial charge >= 0.3 is 5.97 Å². The number of anilines is 1. The summed E-state index contributed by atoms with van der Waals surface area (Å²) in [5.41, 5.74) is 4.63. The Morgan fingerprint density at radius 3 is 2.52 bits per heavy atom. The number of ether oxygens (including phenoxy) is 2. The Hall–Kier alpha value is -2.72. The third-order valence-electron chi connectivity index (χ3n) is 3.45. The van der Waals surface area contributed by atoms with E-state index in [1.807, 2.05) is 0 Å². The molecular formula is C16H17ClN2O7S. The fourth-order valence-corrected chi connectivity index (χ4v) is 3.77. The molecule has 1 aromatic carbocycles. The van der Waals surface area contributed by atoms with E-state index in [4.69, 9.17) is 31.2 Å². The van der Waals surface area contributed by atoms with Crippen LogP contribution in [0.2, 0.25) is 5.02 Å². The number of carbonyl (C=O) groups is 2. The number of rotatable bonds is 7. The fraction of sp³-hybridized carbons (Fsp3) is 0.250. The van der Waals surface area contributed by atoms with Crippen molar-refractivity contribution in [2.24, 2.45) is 5.73 Å². The third-order valence-corrected chi connectivity index (χ3v) is 5.04. The van der Waals surface area contributed by atoms with Gasteiger partial charge in [0.25, 0.3) is 15.9 Å². The minimum atomic E-state index is -4.29. The Morgan fingerprint density at radius 2 is 1.96 bits per heavy atom.